The second-order valence-electron chi connectivity index (χ2n) is 5.85. The molecule has 1 aromatic carbocycles. The second-order valence-corrected chi connectivity index (χ2v) is 5.85. The molecule has 3 aromatic rings. The van der Waals surface area contributed by atoms with Crippen molar-refractivity contribution in [3.05, 3.63) is 36.6 Å². The molecule has 0 aliphatic heterocycles. The number of aromatic amines is 1. The van der Waals surface area contributed by atoms with E-state index in [0.29, 0.717) is 23.9 Å². The van der Waals surface area contributed by atoms with Crippen LogP contribution in [-0.2, 0) is 0 Å². The highest BCUT2D eigenvalue weighted by molar-refractivity contribution is 5.81. The van der Waals surface area contributed by atoms with Crippen LogP contribution in [0.2, 0.25) is 0 Å². The summed E-state index contributed by atoms with van der Waals surface area (Å²) in [5.74, 6) is 1.63. The lowest BCUT2D eigenvalue weighted by molar-refractivity contribution is 0.187. The number of hydrogen-bond acceptors (Lipinski definition) is 4. The summed E-state index contributed by atoms with van der Waals surface area (Å²) in [7, 11) is 0. The average molecular weight is 314 g/mol. The number of fused-ring (bicyclic) bond motifs is 1. The van der Waals surface area contributed by atoms with Crippen LogP contribution < -0.4 is 5.32 Å². The summed E-state index contributed by atoms with van der Waals surface area (Å²) in [5.41, 5.74) is 2.50. The zero-order valence-electron chi connectivity index (χ0n) is 12.9. The van der Waals surface area contributed by atoms with Gasteiger partial charge in [0.25, 0.3) is 0 Å². The second kappa shape index (κ2) is 6.12. The van der Waals surface area contributed by atoms with E-state index in [9.17, 15) is 4.79 Å². The lowest BCUT2D eigenvalue weighted by Gasteiger charge is -2.16. The third kappa shape index (κ3) is 3.33. The van der Waals surface area contributed by atoms with Crippen molar-refractivity contribution in [3.8, 4) is 11.3 Å². The Morgan fingerprint density at radius 2 is 2.26 bits per heavy atom. The molecule has 1 unspecified atom stereocenters. The first-order valence-corrected chi connectivity index (χ1v) is 7.41. The summed E-state index contributed by atoms with van der Waals surface area (Å²) in [6.07, 6.45) is 2.64. The van der Waals surface area contributed by atoms with Crippen molar-refractivity contribution in [2.24, 2.45) is 5.92 Å². The predicted molar refractivity (Wildman–Crippen MR) is 84.9 cm³/mol. The van der Waals surface area contributed by atoms with Crippen molar-refractivity contribution in [1.82, 2.24) is 20.3 Å². The van der Waals surface area contributed by atoms with E-state index >= 15 is 0 Å². The number of oxazole rings is 1. The standard InChI is InChI=1S/C16H18N4O3/c1-9(2)5-13(20-16(21)22)15-18-11-4-3-10(6-12(11)19-15)14-7-17-8-23-14/h3-4,6-9,13,20H,5H2,1-2H3,(H,18,19)(H,21,22). The highest BCUT2D eigenvalue weighted by Crippen LogP contribution is 2.26. The van der Waals surface area contributed by atoms with E-state index in [2.05, 4.69) is 20.3 Å². The SMILES string of the molecule is CC(C)CC(NC(=O)O)c1nc2ccc(-c3cnco3)cc2[nH]1. The maximum Gasteiger partial charge on any atom is 0.405 e. The zero-order chi connectivity index (χ0) is 16.4. The molecule has 2 heterocycles. The predicted octanol–water partition coefficient (Wildman–Crippen LogP) is 3.57. The van der Waals surface area contributed by atoms with Crippen molar-refractivity contribution in [2.75, 3.05) is 0 Å². The lowest BCUT2D eigenvalue weighted by Crippen LogP contribution is -2.28. The van der Waals surface area contributed by atoms with E-state index < -0.39 is 6.09 Å². The van der Waals surface area contributed by atoms with Crippen molar-refractivity contribution < 1.29 is 14.3 Å². The van der Waals surface area contributed by atoms with Gasteiger partial charge in [0.15, 0.2) is 12.2 Å². The van der Waals surface area contributed by atoms with Crippen LogP contribution in [-0.4, -0.2) is 26.2 Å². The molecule has 0 saturated heterocycles. The molecule has 120 valence electrons. The van der Waals surface area contributed by atoms with Crippen LogP contribution in [0, 0.1) is 5.92 Å². The van der Waals surface area contributed by atoms with Crippen molar-refractivity contribution in [2.45, 2.75) is 26.3 Å². The third-order valence-electron chi connectivity index (χ3n) is 3.55. The molecule has 0 spiro atoms. The Hall–Kier alpha value is -2.83. The summed E-state index contributed by atoms with van der Waals surface area (Å²) in [6.45, 7) is 4.09. The average Bonchev–Trinajstić information content (AvgIpc) is 3.14. The zero-order valence-corrected chi connectivity index (χ0v) is 12.9. The van der Waals surface area contributed by atoms with Gasteiger partial charge < -0.3 is 19.8 Å². The number of rotatable bonds is 5. The van der Waals surface area contributed by atoms with Crippen molar-refractivity contribution >= 4 is 17.1 Å². The fraction of sp³-hybridized carbons (Fsp3) is 0.312. The first-order chi connectivity index (χ1) is 11.0. The van der Waals surface area contributed by atoms with Gasteiger partial charge in [-0.15, -0.1) is 0 Å². The van der Waals surface area contributed by atoms with Gasteiger partial charge in [0.05, 0.1) is 23.3 Å². The number of carboxylic acid groups (broad SMARTS) is 1. The molecular weight excluding hydrogens is 296 g/mol. The van der Waals surface area contributed by atoms with Crippen molar-refractivity contribution in [3.63, 3.8) is 0 Å². The first-order valence-electron chi connectivity index (χ1n) is 7.41. The number of hydrogen-bond donors (Lipinski definition) is 3. The van der Waals surface area contributed by atoms with Gasteiger partial charge in [-0.05, 0) is 30.5 Å². The molecule has 2 aromatic heterocycles. The van der Waals surface area contributed by atoms with E-state index in [0.717, 1.165) is 16.6 Å². The van der Waals surface area contributed by atoms with Crippen LogP contribution in [0.1, 0.15) is 32.1 Å². The molecule has 3 rings (SSSR count). The summed E-state index contributed by atoms with van der Waals surface area (Å²) in [4.78, 5) is 22.7. The van der Waals surface area contributed by atoms with Crippen LogP contribution in [0.15, 0.2) is 35.2 Å². The van der Waals surface area contributed by atoms with Gasteiger partial charge in [-0.2, -0.15) is 0 Å². The monoisotopic (exact) mass is 314 g/mol. The molecule has 7 heteroatoms. The van der Waals surface area contributed by atoms with Gasteiger partial charge in [-0.25, -0.2) is 14.8 Å². The minimum atomic E-state index is -1.06. The molecule has 23 heavy (non-hydrogen) atoms. The Labute approximate surface area is 132 Å². The van der Waals surface area contributed by atoms with Crippen LogP contribution in [0.4, 0.5) is 4.79 Å². The molecule has 3 N–H and O–H groups in total. The third-order valence-corrected chi connectivity index (χ3v) is 3.55. The number of nitrogens with zero attached hydrogens (tertiary/aromatic N) is 2. The quantitative estimate of drug-likeness (QED) is 0.668. The van der Waals surface area contributed by atoms with Crippen molar-refractivity contribution in [1.29, 1.82) is 0 Å². The van der Waals surface area contributed by atoms with E-state index in [4.69, 9.17) is 9.52 Å². The van der Waals surface area contributed by atoms with Gasteiger partial charge >= 0.3 is 6.09 Å². The topological polar surface area (TPSA) is 104 Å². The van der Waals surface area contributed by atoms with Gasteiger partial charge in [-0.3, -0.25) is 0 Å². The maximum atomic E-state index is 11.0. The van der Waals surface area contributed by atoms with Gasteiger partial charge in [0.2, 0.25) is 0 Å². The normalized spacial score (nSPS) is 12.7. The largest absolute Gasteiger partial charge is 0.465 e. The molecular formula is C16H18N4O3. The Kier molecular flexibility index (Phi) is 4.01. The maximum absolute atomic E-state index is 11.0. The number of H-pyrrole nitrogens is 1. The fourth-order valence-corrected chi connectivity index (χ4v) is 2.57. The number of aromatic nitrogens is 3. The molecule has 1 atom stereocenters. The molecule has 0 radical (unpaired) electrons. The number of amides is 1. The molecule has 0 bridgehead atoms. The highest BCUT2D eigenvalue weighted by Gasteiger charge is 2.19. The summed E-state index contributed by atoms with van der Waals surface area (Å²) in [6, 6.07) is 5.32. The smallest absolute Gasteiger partial charge is 0.405 e. The Balaban J connectivity index is 1.96. The minimum Gasteiger partial charge on any atom is -0.465 e. The van der Waals surface area contributed by atoms with Crippen LogP contribution in [0.25, 0.3) is 22.4 Å². The number of nitrogens with one attached hydrogen (secondary N) is 2. The van der Waals surface area contributed by atoms with Crippen LogP contribution >= 0.6 is 0 Å². The number of benzene rings is 1. The number of imidazole rings is 1. The van der Waals surface area contributed by atoms with E-state index in [-0.39, 0.29) is 6.04 Å². The van der Waals surface area contributed by atoms with Gasteiger partial charge in [0, 0.05) is 5.56 Å². The lowest BCUT2D eigenvalue weighted by atomic mass is 10.0. The first kappa shape index (κ1) is 15.1. The van der Waals surface area contributed by atoms with Gasteiger partial charge in [0.1, 0.15) is 5.82 Å². The summed E-state index contributed by atoms with van der Waals surface area (Å²) < 4.78 is 5.29. The highest BCUT2D eigenvalue weighted by atomic mass is 16.4. The van der Waals surface area contributed by atoms with Crippen LogP contribution in [0.5, 0.6) is 0 Å². The summed E-state index contributed by atoms with van der Waals surface area (Å²) in [5, 5.41) is 11.6. The van der Waals surface area contributed by atoms with E-state index in [1.807, 2.05) is 32.0 Å². The molecule has 0 aliphatic rings. The van der Waals surface area contributed by atoms with E-state index in [1.54, 1.807) is 6.20 Å². The minimum absolute atomic E-state index is 0.338. The van der Waals surface area contributed by atoms with Gasteiger partial charge in [-0.1, -0.05) is 13.8 Å². The molecule has 1 amide bonds. The van der Waals surface area contributed by atoms with E-state index in [1.165, 1.54) is 6.39 Å². The Bertz CT molecular complexity index is 808. The molecule has 7 nitrogen and oxygen atoms in total. The molecule has 0 fully saturated rings. The Morgan fingerprint density at radius 3 is 2.91 bits per heavy atom. The molecule has 0 aliphatic carbocycles. The van der Waals surface area contributed by atoms with Crippen LogP contribution in [0.3, 0.4) is 0 Å². The Morgan fingerprint density at radius 1 is 1.43 bits per heavy atom. The number of carbonyl (C=O) groups is 1. The fourth-order valence-electron chi connectivity index (χ4n) is 2.57. The molecule has 0 saturated carbocycles. The summed E-state index contributed by atoms with van der Waals surface area (Å²) >= 11 is 0.